The van der Waals surface area contributed by atoms with Gasteiger partial charge in [-0.3, -0.25) is 4.79 Å². The van der Waals surface area contributed by atoms with Crippen molar-refractivity contribution in [1.29, 1.82) is 0 Å². The molecule has 0 amide bonds. The summed E-state index contributed by atoms with van der Waals surface area (Å²) in [5.74, 6) is -0.960. The molecule has 0 unspecified atom stereocenters. The van der Waals surface area contributed by atoms with Gasteiger partial charge in [-0.2, -0.15) is 0 Å². The average Bonchev–Trinajstić information content (AvgIpc) is 2.27. The Kier molecular flexibility index (Phi) is 3.10. The lowest BCUT2D eigenvalue weighted by atomic mass is 9.67. The van der Waals surface area contributed by atoms with Crippen LogP contribution >= 0.6 is 0 Å². The summed E-state index contributed by atoms with van der Waals surface area (Å²) in [6.45, 7) is -0.00273. The smallest absolute Gasteiger partial charge is 0.307 e. The fourth-order valence-electron chi connectivity index (χ4n) is 3.07. The summed E-state index contributed by atoms with van der Waals surface area (Å²) < 4.78 is 0. The van der Waals surface area contributed by atoms with Crippen molar-refractivity contribution in [2.45, 2.75) is 32.1 Å². The maximum Gasteiger partial charge on any atom is 0.307 e. The third kappa shape index (κ3) is 1.93. The van der Waals surface area contributed by atoms with Gasteiger partial charge in [-0.25, -0.2) is 0 Å². The number of carbonyl (C=O) groups is 1. The van der Waals surface area contributed by atoms with Gasteiger partial charge in [0.1, 0.15) is 0 Å². The topological polar surface area (TPSA) is 57.5 Å². The molecule has 3 atom stereocenters. The predicted molar refractivity (Wildman–Crippen MR) is 56.4 cm³/mol. The summed E-state index contributed by atoms with van der Waals surface area (Å²) in [6, 6.07) is 0. The van der Waals surface area contributed by atoms with E-state index >= 15 is 0 Å². The van der Waals surface area contributed by atoms with Crippen LogP contribution in [0.5, 0.6) is 0 Å². The lowest BCUT2D eigenvalue weighted by Crippen LogP contribution is -2.37. The summed E-state index contributed by atoms with van der Waals surface area (Å²) >= 11 is 0. The highest BCUT2D eigenvalue weighted by Crippen LogP contribution is 2.42. The first-order valence-electron chi connectivity index (χ1n) is 5.76. The van der Waals surface area contributed by atoms with Crippen molar-refractivity contribution in [3.05, 3.63) is 11.6 Å². The van der Waals surface area contributed by atoms with Gasteiger partial charge in [0.15, 0.2) is 0 Å². The molecule has 0 radical (unpaired) electrons. The zero-order valence-corrected chi connectivity index (χ0v) is 8.85. The Labute approximate surface area is 89.8 Å². The lowest BCUT2D eigenvalue weighted by Gasteiger charge is -2.37. The lowest BCUT2D eigenvalue weighted by molar-refractivity contribution is -0.147. The summed E-state index contributed by atoms with van der Waals surface area (Å²) in [4.78, 5) is 11.2. The van der Waals surface area contributed by atoms with Crippen molar-refractivity contribution in [3.8, 4) is 0 Å². The average molecular weight is 210 g/mol. The molecular formula is C12H18O3. The van der Waals surface area contributed by atoms with E-state index in [1.165, 1.54) is 12.0 Å². The van der Waals surface area contributed by atoms with Crippen LogP contribution in [0.4, 0.5) is 0 Å². The minimum absolute atomic E-state index is 0.00273. The summed E-state index contributed by atoms with van der Waals surface area (Å²) in [5.41, 5.74) is 1.33. The number of aliphatic hydroxyl groups excluding tert-OH is 1. The van der Waals surface area contributed by atoms with Gasteiger partial charge in [-0.05, 0) is 37.5 Å². The molecule has 0 saturated heterocycles. The van der Waals surface area contributed by atoms with E-state index < -0.39 is 5.97 Å². The monoisotopic (exact) mass is 210 g/mol. The maximum absolute atomic E-state index is 11.2. The van der Waals surface area contributed by atoms with Crippen molar-refractivity contribution in [3.63, 3.8) is 0 Å². The van der Waals surface area contributed by atoms with E-state index in [1.807, 2.05) is 0 Å². The van der Waals surface area contributed by atoms with Gasteiger partial charge in [0.2, 0.25) is 0 Å². The van der Waals surface area contributed by atoms with Crippen LogP contribution in [0.1, 0.15) is 32.1 Å². The standard InChI is InChI=1S/C12H18O3/c13-7-9-6-5-8-3-1-2-4-10(8)11(9)12(14)15/h5,9-11,13H,1-4,6-7H2,(H,14,15)/t9-,10+,11-/m1/s1. The van der Waals surface area contributed by atoms with Crippen LogP contribution in [0.2, 0.25) is 0 Å². The van der Waals surface area contributed by atoms with E-state index in [4.69, 9.17) is 0 Å². The Hall–Kier alpha value is -0.830. The third-order valence-electron chi connectivity index (χ3n) is 3.85. The van der Waals surface area contributed by atoms with Crippen LogP contribution in [0.3, 0.4) is 0 Å². The second-order valence-corrected chi connectivity index (χ2v) is 4.67. The molecule has 0 aromatic carbocycles. The highest BCUT2D eigenvalue weighted by molar-refractivity contribution is 5.71. The van der Waals surface area contributed by atoms with Gasteiger partial charge in [0, 0.05) is 6.61 Å². The van der Waals surface area contributed by atoms with Gasteiger partial charge in [-0.15, -0.1) is 0 Å². The van der Waals surface area contributed by atoms with Gasteiger partial charge in [0.25, 0.3) is 0 Å². The number of hydrogen-bond donors (Lipinski definition) is 2. The molecule has 0 aromatic rings. The molecule has 15 heavy (non-hydrogen) atoms. The Balaban J connectivity index is 2.23. The molecule has 0 aromatic heterocycles. The molecule has 0 heterocycles. The number of allylic oxidation sites excluding steroid dienone is 2. The van der Waals surface area contributed by atoms with E-state index in [9.17, 15) is 15.0 Å². The second-order valence-electron chi connectivity index (χ2n) is 4.67. The number of hydrogen-bond acceptors (Lipinski definition) is 2. The van der Waals surface area contributed by atoms with Crippen molar-refractivity contribution >= 4 is 5.97 Å². The van der Waals surface area contributed by atoms with E-state index in [0.717, 1.165) is 25.7 Å². The van der Waals surface area contributed by atoms with Gasteiger partial charge >= 0.3 is 5.97 Å². The fourth-order valence-corrected chi connectivity index (χ4v) is 3.07. The van der Waals surface area contributed by atoms with E-state index in [2.05, 4.69) is 6.08 Å². The summed E-state index contributed by atoms with van der Waals surface area (Å²) in [5, 5.41) is 18.4. The number of rotatable bonds is 2. The minimum Gasteiger partial charge on any atom is -0.481 e. The SMILES string of the molecule is O=C(O)[C@@H]1[C@@H](CO)CC=C2CCCC[C@@H]21. The molecule has 0 spiro atoms. The summed E-state index contributed by atoms with van der Waals surface area (Å²) in [6.07, 6.45) is 7.28. The largest absolute Gasteiger partial charge is 0.481 e. The highest BCUT2D eigenvalue weighted by atomic mass is 16.4. The number of aliphatic carboxylic acids is 1. The molecule has 0 bridgehead atoms. The van der Waals surface area contributed by atoms with Crippen LogP contribution in [0, 0.1) is 17.8 Å². The Morgan fingerprint density at radius 3 is 2.93 bits per heavy atom. The van der Waals surface area contributed by atoms with Crippen molar-refractivity contribution in [2.24, 2.45) is 17.8 Å². The molecule has 3 heteroatoms. The van der Waals surface area contributed by atoms with Crippen molar-refractivity contribution < 1.29 is 15.0 Å². The van der Waals surface area contributed by atoms with Crippen LogP contribution < -0.4 is 0 Å². The molecule has 84 valence electrons. The quantitative estimate of drug-likeness (QED) is 0.683. The zero-order chi connectivity index (χ0) is 10.8. The van der Waals surface area contributed by atoms with E-state index in [-0.39, 0.29) is 24.4 Å². The molecule has 2 N–H and O–H groups in total. The van der Waals surface area contributed by atoms with Gasteiger partial charge in [0.05, 0.1) is 5.92 Å². The Bertz CT molecular complexity index is 283. The van der Waals surface area contributed by atoms with Gasteiger partial charge in [-0.1, -0.05) is 18.1 Å². The highest BCUT2D eigenvalue weighted by Gasteiger charge is 2.39. The first-order chi connectivity index (χ1) is 7.24. The number of fused-ring (bicyclic) bond motifs is 1. The maximum atomic E-state index is 11.2. The number of carboxylic acid groups (broad SMARTS) is 1. The zero-order valence-electron chi connectivity index (χ0n) is 8.85. The molecule has 1 fully saturated rings. The van der Waals surface area contributed by atoms with Crippen LogP contribution in [-0.4, -0.2) is 22.8 Å². The predicted octanol–water partition coefficient (Wildman–Crippen LogP) is 1.82. The van der Waals surface area contributed by atoms with E-state index in [1.54, 1.807) is 0 Å². The van der Waals surface area contributed by atoms with Crippen molar-refractivity contribution in [1.82, 2.24) is 0 Å². The Morgan fingerprint density at radius 1 is 1.47 bits per heavy atom. The molecular weight excluding hydrogens is 192 g/mol. The van der Waals surface area contributed by atoms with Crippen LogP contribution in [-0.2, 0) is 4.79 Å². The first kappa shape index (κ1) is 10.7. The van der Waals surface area contributed by atoms with Crippen molar-refractivity contribution in [2.75, 3.05) is 6.61 Å². The number of aliphatic hydroxyl groups is 1. The number of carboxylic acids is 1. The second kappa shape index (κ2) is 4.35. The van der Waals surface area contributed by atoms with Gasteiger partial charge < -0.3 is 10.2 Å². The summed E-state index contributed by atoms with van der Waals surface area (Å²) in [7, 11) is 0. The first-order valence-corrected chi connectivity index (χ1v) is 5.76. The van der Waals surface area contributed by atoms with E-state index in [0.29, 0.717) is 0 Å². The Morgan fingerprint density at radius 2 is 2.27 bits per heavy atom. The molecule has 3 nitrogen and oxygen atoms in total. The minimum atomic E-state index is -0.730. The molecule has 2 aliphatic carbocycles. The normalized spacial score (nSPS) is 35.5. The third-order valence-corrected chi connectivity index (χ3v) is 3.85. The fraction of sp³-hybridized carbons (Fsp3) is 0.750. The van der Waals surface area contributed by atoms with Crippen LogP contribution in [0.15, 0.2) is 11.6 Å². The molecule has 0 aliphatic heterocycles. The molecule has 2 aliphatic rings. The molecule has 2 rings (SSSR count). The van der Waals surface area contributed by atoms with Crippen LogP contribution in [0.25, 0.3) is 0 Å². The molecule has 1 saturated carbocycles.